The molecule has 1 aromatic carbocycles. The van der Waals surface area contributed by atoms with Crippen molar-refractivity contribution in [3.63, 3.8) is 0 Å². The maximum atomic E-state index is 13.0. The lowest BCUT2D eigenvalue weighted by molar-refractivity contribution is -0.139. The van der Waals surface area contributed by atoms with Gasteiger partial charge < -0.3 is 14.8 Å². The molecule has 130 valence electrons. The first-order chi connectivity index (χ1) is 10.5. The highest BCUT2D eigenvalue weighted by atomic mass is 19.4. The summed E-state index contributed by atoms with van der Waals surface area (Å²) in [6, 6.07) is 3.38. The van der Waals surface area contributed by atoms with Crippen molar-refractivity contribution in [2.24, 2.45) is 5.92 Å². The number of carbonyl (C=O) groups is 1. The summed E-state index contributed by atoms with van der Waals surface area (Å²) in [5, 5.41) is 2.48. The molecule has 0 aliphatic carbocycles. The number of methoxy groups -OCH3 is 2. The molecular weight excluding hydrogens is 311 g/mol. The van der Waals surface area contributed by atoms with Crippen molar-refractivity contribution in [1.29, 1.82) is 0 Å². The van der Waals surface area contributed by atoms with Gasteiger partial charge in [-0.1, -0.05) is 13.8 Å². The lowest BCUT2D eigenvalue weighted by atomic mass is 9.93. The zero-order valence-electron chi connectivity index (χ0n) is 13.9. The third-order valence-corrected chi connectivity index (χ3v) is 3.49. The Hall–Kier alpha value is -1.76. The highest BCUT2D eigenvalue weighted by Crippen LogP contribution is 2.38. The summed E-state index contributed by atoms with van der Waals surface area (Å²) >= 11 is 0. The van der Waals surface area contributed by atoms with E-state index in [1.165, 1.54) is 19.2 Å². The van der Waals surface area contributed by atoms with Crippen LogP contribution in [0.15, 0.2) is 18.2 Å². The molecule has 0 saturated carbocycles. The molecule has 23 heavy (non-hydrogen) atoms. The molecule has 0 radical (unpaired) electrons. The van der Waals surface area contributed by atoms with E-state index < -0.39 is 23.2 Å². The molecule has 1 rings (SSSR count). The van der Waals surface area contributed by atoms with Crippen LogP contribution in [0, 0.1) is 5.92 Å². The summed E-state index contributed by atoms with van der Waals surface area (Å²) in [5.74, 6) is -0.605. The number of hydrogen-bond donors (Lipinski definition) is 1. The Bertz CT molecular complexity index is 558. The Morgan fingerprint density at radius 2 is 1.87 bits per heavy atom. The first-order valence-corrected chi connectivity index (χ1v) is 7.15. The van der Waals surface area contributed by atoms with E-state index in [0.717, 1.165) is 13.2 Å². The maximum Gasteiger partial charge on any atom is 0.420 e. The molecule has 1 N–H and O–H groups in total. The number of benzene rings is 1. The summed E-state index contributed by atoms with van der Waals surface area (Å²) in [6.07, 6.45) is -4.13. The second kappa shape index (κ2) is 7.21. The molecule has 1 amide bonds. The van der Waals surface area contributed by atoms with Gasteiger partial charge in [-0.15, -0.1) is 0 Å². The van der Waals surface area contributed by atoms with E-state index in [0.29, 0.717) is 6.42 Å². The molecule has 0 bridgehead atoms. The molecule has 7 heteroatoms. The van der Waals surface area contributed by atoms with Crippen molar-refractivity contribution in [3.05, 3.63) is 23.8 Å². The molecular formula is C16H22F3NO3. The number of rotatable bonds is 6. The number of amides is 1. The van der Waals surface area contributed by atoms with E-state index in [2.05, 4.69) is 5.32 Å². The molecule has 0 unspecified atom stereocenters. The number of anilines is 1. The average Bonchev–Trinajstić information content (AvgIpc) is 2.45. The minimum atomic E-state index is -4.57. The molecule has 0 aliphatic heterocycles. The van der Waals surface area contributed by atoms with Gasteiger partial charge in [0.2, 0.25) is 0 Å². The number of ether oxygens (including phenoxy) is 2. The summed E-state index contributed by atoms with van der Waals surface area (Å²) in [4.78, 5) is 12.4. The quantitative estimate of drug-likeness (QED) is 0.852. The first-order valence-electron chi connectivity index (χ1n) is 7.15. The highest BCUT2D eigenvalue weighted by Gasteiger charge is 2.36. The molecule has 0 saturated heterocycles. The van der Waals surface area contributed by atoms with Crippen molar-refractivity contribution in [3.8, 4) is 5.75 Å². The summed E-state index contributed by atoms with van der Waals surface area (Å²) in [5.41, 5.74) is -2.03. The van der Waals surface area contributed by atoms with Crippen LogP contribution in [-0.4, -0.2) is 25.7 Å². The monoisotopic (exact) mass is 333 g/mol. The largest absolute Gasteiger partial charge is 0.496 e. The fraction of sp³-hybridized carbons (Fsp3) is 0.562. The van der Waals surface area contributed by atoms with Gasteiger partial charge in [-0.25, -0.2) is 0 Å². The van der Waals surface area contributed by atoms with Crippen LogP contribution in [0.5, 0.6) is 5.75 Å². The maximum absolute atomic E-state index is 13.0. The minimum Gasteiger partial charge on any atom is -0.496 e. The molecule has 0 heterocycles. The normalized spacial score (nSPS) is 14.5. The van der Waals surface area contributed by atoms with Crippen molar-refractivity contribution in [2.75, 3.05) is 19.5 Å². The van der Waals surface area contributed by atoms with Crippen LogP contribution < -0.4 is 10.1 Å². The Balaban J connectivity index is 3.07. The molecule has 0 spiro atoms. The van der Waals surface area contributed by atoms with Crippen LogP contribution in [0.25, 0.3) is 0 Å². The van der Waals surface area contributed by atoms with E-state index >= 15 is 0 Å². The number of hydrogen-bond acceptors (Lipinski definition) is 3. The Morgan fingerprint density at radius 3 is 2.30 bits per heavy atom. The van der Waals surface area contributed by atoms with E-state index in [4.69, 9.17) is 9.47 Å². The SMILES string of the molecule is COc1ccc(NC(=O)[C@@](C)(CC(C)C)OC)cc1C(F)(F)F. The summed E-state index contributed by atoms with van der Waals surface area (Å²) < 4.78 is 49.0. The van der Waals surface area contributed by atoms with Gasteiger partial charge >= 0.3 is 6.18 Å². The zero-order chi connectivity index (χ0) is 17.8. The highest BCUT2D eigenvalue weighted by molar-refractivity contribution is 5.97. The topological polar surface area (TPSA) is 47.6 Å². The Morgan fingerprint density at radius 1 is 1.26 bits per heavy atom. The van der Waals surface area contributed by atoms with Crippen LogP contribution in [0.1, 0.15) is 32.8 Å². The fourth-order valence-corrected chi connectivity index (χ4v) is 2.32. The first kappa shape index (κ1) is 19.3. The van der Waals surface area contributed by atoms with E-state index in [1.807, 2.05) is 13.8 Å². The molecule has 1 aromatic rings. The van der Waals surface area contributed by atoms with Crippen LogP contribution in [-0.2, 0) is 15.7 Å². The van der Waals surface area contributed by atoms with Crippen LogP contribution in [0.2, 0.25) is 0 Å². The predicted octanol–water partition coefficient (Wildman–Crippen LogP) is 4.10. The second-order valence-electron chi connectivity index (χ2n) is 5.90. The van der Waals surface area contributed by atoms with Crippen LogP contribution in [0.3, 0.4) is 0 Å². The summed E-state index contributed by atoms with van der Waals surface area (Å²) in [7, 11) is 2.56. The molecule has 0 aromatic heterocycles. The van der Waals surface area contributed by atoms with Crippen molar-refractivity contribution >= 4 is 11.6 Å². The number of carbonyl (C=O) groups excluding carboxylic acids is 1. The smallest absolute Gasteiger partial charge is 0.420 e. The number of alkyl halides is 3. The molecule has 1 atom stereocenters. The van der Waals surface area contributed by atoms with Crippen LogP contribution in [0.4, 0.5) is 18.9 Å². The van der Waals surface area contributed by atoms with E-state index in [1.54, 1.807) is 6.92 Å². The van der Waals surface area contributed by atoms with Gasteiger partial charge in [0, 0.05) is 12.8 Å². The molecule has 0 aliphatic rings. The van der Waals surface area contributed by atoms with Crippen molar-refractivity contribution in [2.45, 2.75) is 39.0 Å². The van der Waals surface area contributed by atoms with Gasteiger partial charge in [0.25, 0.3) is 5.91 Å². The van der Waals surface area contributed by atoms with Gasteiger partial charge in [-0.2, -0.15) is 13.2 Å². The predicted molar refractivity (Wildman–Crippen MR) is 81.5 cm³/mol. The molecule has 0 fully saturated rings. The van der Waals surface area contributed by atoms with Gasteiger partial charge in [0.15, 0.2) is 0 Å². The third kappa shape index (κ3) is 4.86. The van der Waals surface area contributed by atoms with Gasteiger partial charge in [0.1, 0.15) is 11.4 Å². The Kier molecular flexibility index (Phi) is 6.04. The van der Waals surface area contributed by atoms with E-state index in [9.17, 15) is 18.0 Å². The summed E-state index contributed by atoms with van der Waals surface area (Å²) in [6.45, 7) is 5.47. The van der Waals surface area contributed by atoms with Crippen molar-refractivity contribution in [1.82, 2.24) is 0 Å². The lowest BCUT2D eigenvalue weighted by Crippen LogP contribution is -2.43. The average molecular weight is 333 g/mol. The van der Waals surface area contributed by atoms with Gasteiger partial charge in [-0.05, 0) is 37.5 Å². The molecule has 4 nitrogen and oxygen atoms in total. The minimum absolute atomic E-state index is 0.0372. The van der Waals surface area contributed by atoms with Gasteiger partial charge in [-0.3, -0.25) is 4.79 Å². The van der Waals surface area contributed by atoms with E-state index in [-0.39, 0.29) is 17.4 Å². The second-order valence-corrected chi connectivity index (χ2v) is 5.90. The third-order valence-electron chi connectivity index (χ3n) is 3.49. The van der Waals surface area contributed by atoms with Crippen molar-refractivity contribution < 1.29 is 27.4 Å². The number of halogens is 3. The Labute approximate surface area is 134 Å². The van der Waals surface area contributed by atoms with Crippen LogP contribution >= 0.6 is 0 Å². The standard InChI is InChI=1S/C16H22F3NO3/c1-10(2)9-15(3,23-5)14(21)20-11-6-7-13(22-4)12(8-11)16(17,18)19/h6-8,10H,9H2,1-5H3,(H,20,21)/t15-/m1/s1. The van der Waals surface area contributed by atoms with Gasteiger partial charge in [0.05, 0.1) is 12.7 Å². The lowest BCUT2D eigenvalue weighted by Gasteiger charge is -2.28. The zero-order valence-corrected chi connectivity index (χ0v) is 13.9. The fourth-order valence-electron chi connectivity index (χ4n) is 2.32. The number of nitrogens with one attached hydrogen (secondary N) is 1.